The molecule has 0 bridgehead atoms. The first-order valence-corrected chi connectivity index (χ1v) is 9.02. The number of hydrogen-bond acceptors (Lipinski definition) is 6. The normalized spacial score (nSPS) is 15.8. The molecule has 0 spiro atoms. The molecule has 2 heterocycles. The topological polar surface area (TPSA) is 70.8 Å². The van der Waals surface area contributed by atoms with Gasteiger partial charge in [-0.15, -0.1) is 0 Å². The Hall–Kier alpha value is -2.38. The molecule has 1 aliphatic heterocycles. The molecule has 1 N–H and O–H groups in total. The lowest BCUT2D eigenvalue weighted by Gasteiger charge is -2.33. The summed E-state index contributed by atoms with van der Waals surface area (Å²) in [7, 11) is 0. The molecule has 1 aromatic heterocycles. The predicted octanol–water partition coefficient (Wildman–Crippen LogP) is 2.14. The van der Waals surface area contributed by atoms with E-state index in [-0.39, 0.29) is 5.91 Å². The number of para-hydroxylation sites is 2. The largest absolute Gasteiger partial charge is 0.492 e. The summed E-state index contributed by atoms with van der Waals surface area (Å²) in [5.74, 6) is 1.52. The van der Waals surface area contributed by atoms with E-state index >= 15 is 0 Å². The fraction of sp³-hybridized carbons (Fsp3) is 0.474. The molecule has 0 radical (unpaired) electrons. The first kappa shape index (κ1) is 18.4. The van der Waals surface area contributed by atoms with Crippen molar-refractivity contribution in [1.29, 1.82) is 0 Å². The number of nitrogens with one attached hydrogen (secondary N) is 1. The van der Waals surface area contributed by atoms with Crippen molar-refractivity contribution in [2.45, 2.75) is 20.4 Å². The molecule has 0 atom stereocenters. The van der Waals surface area contributed by atoms with Gasteiger partial charge in [-0.2, -0.15) is 0 Å². The number of aromatic nitrogens is 1. The fourth-order valence-electron chi connectivity index (χ4n) is 3.07. The highest BCUT2D eigenvalue weighted by Gasteiger charge is 2.20. The third kappa shape index (κ3) is 5.06. The monoisotopic (exact) mass is 358 g/mol. The number of hydrogen-bond donors (Lipinski definition) is 1. The van der Waals surface area contributed by atoms with Gasteiger partial charge in [0.2, 0.25) is 5.91 Å². The van der Waals surface area contributed by atoms with Crippen molar-refractivity contribution in [1.82, 2.24) is 15.0 Å². The molecule has 26 heavy (non-hydrogen) atoms. The van der Waals surface area contributed by atoms with E-state index in [4.69, 9.17) is 9.26 Å². The van der Waals surface area contributed by atoms with Gasteiger partial charge in [-0.1, -0.05) is 17.3 Å². The Bertz CT molecular complexity index is 723. The van der Waals surface area contributed by atoms with E-state index < -0.39 is 0 Å². The van der Waals surface area contributed by atoms with Gasteiger partial charge in [0.25, 0.3) is 0 Å². The maximum atomic E-state index is 12.4. The highest BCUT2D eigenvalue weighted by atomic mass is 16.5. The summed E-state index contributed by atoms with van der Waals surface area (Å²) in [5.41, 5.74) is 1.68. The molecule has 0 aliphatic carbocycles. The van der Waals surface area contributed by atoms with Crippen LogP contribution in [-0.2, 0) is 11.3 Å². The van der Waals surface area contributed by atoms with Crippen molar-refractivity contribution in [3.63, 3.8) is 0 Å². The fourth-order valence-corrected chi connectivity index (χ4v) is 3.07. The van der Waals surface area contributed by atoms with E-state index in [1.54, 1.807) is 0 Å². The lowest BCUT2D eigenvalue weighted by Crippen LogP contribution is -2.48. The summed E-state index contributed by atoms with van der Waals surface area (Å²) in [4.78, 5) is 16.9. The predicted molar refractivity (Wildman–Crippen MR) is 99.2 cm³/mol. The second kappa shape index (κ2) is 8.82. The Kier molecular flexibility index (Phi) is 6.25. The number of benzene rings is 1. The first-order valence-electron chi connectivity index (χ1n) is 9.02. The Balaban J connectivity index is 1.45. The van der Waals surface area contributed by atoms with Crippen molar-refractivity contribution >= 4 is 11.6 Å². The van der Waals surface area contributed by atoms with E-state index in [1.165, 1.54) is 0 Å². The molecule has 3 rings (SSSR count). The molecule has 2 aromatic rings. The zero-order chi connectivity index (χ0) is 18.4. The smallest absolute Gasteiger partial charge is 0.238 e. The zero-order valence-electron chi connectivity index (χ0n) is 15.4. The van der Waals surface area contributed by atoms with Crippen molar-refractivity contribution in [2.24, 2.45) is 0 Å². The molecule has 1 saturated heterocycles. The summed E-state index contributed by atoms with van der Waals surface area (Å²) < 4.78 is 10.7. The number of amides is 1. The number of carbonyl (C=O) groups excluding carboxylic acids is 1. The Morgan fingerprint density at radius 3 is 2.65 bits per heavy atom. The van der Waals surface area contributed by atoms with Crippen LogP contribution in [0.2, 0.25) is 0 Å². The molecule has 0 saturated carbocycles. The standard InChI is InChI=1S/C19H26N4O3/c1-3-25-18-7-5-4-6-17(18)20-19(24)14-23-10-8-22(9-11-23)13-16-12-15(2)26-21-16/h4-7,12H,3,8-11,13-14H2,1-2H3,(H,20,24). The number of carbonyl (C=O) groups is 1. The van der Waals surface area contributed by atoms with Gasteiger partial charge in [-0.05, 0) is 26.0 Å². The molecule has 1 fully saturated rings. The second-order valence-electron chi connectivity index (χ2n) is 6.46. The van der Waals surface area contributed by atoms with Crippen LogP contribution in [0.15, 0.2) is 34.9 Å². The molecule has 7 heteroatoms. The second-order valence-corrected chi connectivity index (χ2v) is 6.46. The number of rotatable bonds is 7. The van der Waals surface area contributed by atoms with Crippen LogP contribution in [0.3, 0.4) is 0 Å². The van der Waals surface area contributed by atoms with Crippen LogP contribution in [0, 0.1) is 6.92 Å². The molecule has 7 nitrogen and oxygen atoms in total. The molecular formula is C19H26N4O3. The van der Waals surface area contributed by atoms with Gasteiger partial charge < -0.3 is 14.6 Å². The molecule has 140 valence electrons. The third-order valence-electron chi connectivity index (χ3n) is 4.36. The minimum Gasteiger partial charge on any atom is -0.492 e. The quantitative estimate of drug-likeness (QED) is 0.818. The number of piperazine rings is 1. The number of aryl methyl sites for hydroxylation is 1. The highest BCUT2D eigenvalue weighted by Crippen LogP contribution is 2.23. The Morgan fingerprint density at radius 1 is 1.23 bits per heavy atom. The van der Waals surface area contributed by atoms with Crippen LogP contribution in [0.1, 0.15) is 18.4 Å². The minimum atomic E-state index is -0.0160. The van der Waals surface area contributed by atoms with Gasteiger partial charge in [-0.3, -0.25) is 14.6 Å². The zero-order valence-corrected chi connectivity index (χ0v) is 15.4. The van der Waals surface area contributed by atoms with Crippen molar-refractivity contribution in [3.8, 4) is 5.75 Å². The molecule has 1 aromatic carbocycles. The van der Waals surface area contributed by atoms with E-state index in [9.17, 15) is 4.79 Å². The summed E-state index contributed by atoms with van der Waals surface area (Å²) in [6.07, 6.45) is 0. The Morgan fingerprint density at radius 2 is 1.96 bits per heavy atom. The van der Waals surface area contributed by atoms with Crippen LogP contribution in [-0.4, -0.2) is 60.2 Å². The van der Waals surface area contributed by atoms with Gasteiger partial charge >= 0.3 is 0 Å². The highest BCUT2D eigenvalue weighted by molar-refractivity contribution is 5.93. The minimum absolute atomic E-state index is 0.0160. The average molecular weight is 358 g/mol. The van der Waals surface area contributed by atoms with E-state index in [1.807, 2.05) is 44.2 Å². The van der Waals surface area contributed by atoms with Gasteiger partial charge in [0.05, 0.1) is 24.5 Å². The number of nitrogens with zero attached hydrogens (tertiary/aromatic N) is 3. The van der Waals surface area contributed by atoms with E-state index in [0.29, 0.717) is 18.9 Å². The van der Waals surface area contributed by atoms with Crippen molar-refractivity contribution < 1.29 is 14.1 Å². The van der Waals surface area contributed by atoms with E-state index in [2.05, 4.69) is 20.3 Å². The van der Waals surface area contributed by atoms with Crippen LogP contribution < -0.4 is 10.1 Å². The van der Waals surface area contributed by atoms with Crippen LogP contribution >= 0.6 is 0 Å². The van der Waals surface area contributed by atoms with Crippen molar-refractivity contribution in [2.75, 3.05) is 44.6 Å². The van der Waals surface area contributed by atoms with Gasteiger partial charge in [0.1, 0.15) is 11.5 Å². The van der Waals surface area contributed by atoms with Crippen LogP contribution in [0.5, 0.6) is 5.75 Å². The third-order valence-corrected chi connectivity index (χ3v) is 4.36. The number of ether oxygens (including phenoxy) is 1. The lowest BCUT2D eigenvalue weighted by molar-refractivity contribution is -0.117. The molecule has 0 unspecified atom stereocenters. The van der Waals surface area contributed by atoms with E-state index in [0.717, 1.165) is 49.9 Å². The Labute approximate surface area is 153 Å². The summed E-state index contributed by atoms with van der Waals surface area (Å²) in [5, 5.41) is 7.00. The summed E-state index contributed by atoms with van der Waals surface area (Å²) >= 11 is 0. The first-order chi connectivity index (χ1) is 12.6. The molecule has 1 amide bonds. The number of anilines is 1. The van der Waals surface area contributed by atoms with Gasteiger partial charge in [0.15, 0.2) is 0 Å². The summed E-state index contributed by atoms with van der Waals surface area (Å²) in [6, 6.07) is 9.48. The molecular weight excluding hydrogens is 332 g/mol. The van der Waals surface area contributed by atoms with Crippen LogP contribution in [0.4, 0.5) is 5.69 Å². The SMILES string of the molecule is CCOc1ccccc1NC(=O)CN1CCN(Cc2cc(C)on2)CC1. The van der Waals surface area contributed by atoms with Gasteiger partial charge in [0, 0.05) is 38.8 Å². The average Bonchev–Trinajstić information content (AvgIpc) is 3.03. The van der Waals surface area contributed by atoms with Crippen LogP contribution in [0.25, 0.3) is 0 Å². The maximum absolute atomic E-state index is 12.4. The molecule has 1 aliphatic rings. The maximum Gasteiger partial charge on any atom is 0.238 e. The summed E-state index contributed by atoms with van der Waals surface area (Å²) in [6.45, 7) is 9.11. The van der Waals surface area contributed by atoms with Gasteiger partial charge in [-0.25, -0.2) is 0 Å². The van der Waals surface area contributed by atoms with Crippen molar-refractivity contribution in [3.05, 3.63) is 41.8 Å². The lowest BCUT2D eigenvalue weighted by atomic mass is 10.2.